The van der Waals surface area contributed by atoms with E-state index in [9.17, 15) is 18.5 Å². The molecular weight excluding hydrogens is 535 g/mol. The van der Waals surface area contributed by atoms with Gasteiger partial charge in [0.05, 0.1) is 23.6 Å². The minimum atomic E-state index is -3.87. The van der Waals surface area contributed by atoms with Crippen LogP contribution in [0.4, 0.5) is 0 Å². The third-order valence-electron chi connectivity index (χ3n) is 5.50. The van der Waals surface area contributed by atoms with E-state index in [2.05, 4.69) is 4.98 Å². The predicted octanol–water partition coefficient (Wildman–Crippen LogP) is 4.41. The fourth-order valence-corrected chi connectivity index (χ4v) is 5.31. The SMILES string of the molecule is COC(=O)c1ccc(C=C(C)CN(C)CCN(CC#N)S(=O)(=O)c2cccc3cnccc23)cc1.Cl.Cl. The number of sulfonamides is 1. The van der Waals surface area contributed by atoms with Crippen molar-refractivity contribution in [2.75, 3.05) is 40.3 Å². The molecule has 3 rings (SSSR count). The number of ether oxygens (including phenoxy) is 1. The Bertz CT molecular complexity index is 1370. The first-order valence-corrected chi connectivity index (χ1v) is 12.4. The van der Waals surface area contributed by atoms with E-state index in [0.717, 1.165) is 16.5 Å². The number of esters is 1. The second-order valence-electron chi connectivity index (χ2n) is 8.19. The molecule has 11 heteroatoms. The van der Waals surface area contributed by atoms with Gasteiger partial charge in [-0.1, -0.05) is 35.9 Å². The smallest absolute Gasteiger partial charge is 0.337 e. The molecule has 0 spiro atoms. The number of carbonyl (C=O) groups is 1. The number of hydrogen-bond donors (Lipinski definition) is 0. The third-order valence-corrected chi connectivity index (χ3v) is 7.40. The van der Waals surface area contributed by atoms with Crippen LogP contribution in [0.1, 0.15) is 22.8 Å². The first kappa shape index (κ1) is 32.0. The van der Waals surface area contributed by atoms with E-state index in [1.54, 1.807) is 42.7 Å². The summed E-state index contributed by atoms with van der Waals surface area (Å²) < 4.78 is 32.7. The van der Waals surface area contributed by atoms with E-state index in [1.165, 1.54) is 11.4 Å². The van der Waals surface area contributed by atoms with Crippen molar-refractivity contribution in [2.45, 2.75) is 11.8 Å². The Morgan fingerprint density at radius 3 is 2.46 bits per heavy atom. The standard InChI is InChI=1S/C26H28N4O4S.2ClH/c1-20(17-21-7-9-22(10-8-21)26(31)34-3)19-29(2)15-16-30(14-12-27)35(32,33)25-6-4-5-23-18-28-13-11-24(23)25;;/h4-11,13,17-18H,14-16,19H2,1-3H3;2*1H. The maximum Gasteiger partial charge on any atom is 0.337 e. The molecule has 8 nitrogen and oxygen atoms in total. The van der Waals surface area contributed by atoms with Crippen LogP contribution >= 0.6 is 24.8 Å². The topological polar surface area (TPSA) is 104 Å². The molecule has 0 N–H and O–H groups in total. The van der Waals surface area contributed by atoms with Gasteiger partial charge in [-0.25, -0.2) is 13.2 Å². The number of carbonyl (C=O) groups excluding carboxylic acids is 1. The highest BCUT2D eigenvalue weighted by molar-refractivity contribution is 7.89. The van der Waals surface area contributed by atoms with Gasteiger partial charge in [0.25, 0.3) is 0 Å². The summed E-state index contributed by atoms with van der Waals surface area (Å²) in [7, 11) is -0.625. The van der Waals surface area contributed by atoms with Gasteiger partial charge in [0.1, 0.15) is 6.54 Å². The van der Waals surface area contributed by atoms with Gasteiger partial charge < -0.3 is 9.64 Å². The lowest BCUT2D eigenvalue weighted by Crippen LogP contribution is -2.38. The summed E-state index contributed by atoms with van der Waals surface area (Å²) in [6, 6.07) is 15.8. The Labute approximate surface area is 230 Å². The molecule has 0 radical (unpaired) electrons. The van der Waals surface area contributed by atoms with Crippen molar-refractivity contribution in [2.24, 2.45) is 0 Å². The van der Waals surface area contributed by atoms with Crippen LogP contribution in [0, 0.1) is 11.3 Å². The van der Waals surface area contributed by atoms with E-state index < -0.39 is 10.0 Å². The molecule has 0 aliphatic heterocycles. The summed E-state index contributed by atoms with van der Waals surface area (Å²) in [4.78, 5) is 17.8. The summed E-state index contributed by atoms with van der Waals surface area (Å²) in [5.74, 6) is -0.381. The van der Waals surface area contributed by atoms with E-state index in [4.69, 9.17) is 4.74 Å². The Balaban J connectivity index is 0.00000342. The molecule has 1 aromatic heterocycles. The molecule has 0 amide bonds. The van der Waals surface area contributed by atoms with E-state index >= 15 is 0 Å². The molecule has 0 aliphatic carbocycles. The molecular formula is C26H30Cl2N4O4S. The Morgan fingerprint density at radius 2 is 1.81 bits per heavy atom. The van der Waals surface area contributed by atoms with E-state index in [1.807, 2.05) is 49.2 Å². The van der Waals surface area contributed by atoms with Crippen LogP contribution in [-0.2, 0) is 14.8 Å². The molecule has 37 heavy (non-hydrogen) atoms. The molecule has 1 heterocycles. The number of rotatable bonds is 10. The highest BCUT2D eigenvalue weighted by Gasteiger charge is 2.26. The Morgan fingerprint density at radius 1 is 1.11 bits per heavy atom. The fourth-order valence-electron chi connectivity index (χ4n) is 3.77. The first-order chi connectivity index (χ1) is 16.8. The van der Waals surface area contributed by atoms with Gasteiger partial charge in [-0.15, -0.1) is 24.8 Å². The van der Waals surface area contributed by atoms with Crippen LogP contribution < -0.4 is 0 Å². The number of aromatic nitrogens is 1. The Hall–Kier alpha value is -3.00. The van der Waals surface area contributed by atoms with Crippen LogP contribution in [0.15, 0.2) is 71.4 Å². The molecule has 3 aromatic rings. The summed E-state index contributed by atoms with van der Waals surface area (Å²) in [6.07, 6.45) is 5.18. The average Bonchev–Trinajstić information content (AvgIpc) is 2.85. The summed E-state index contributed by atoms with van der Waals surface area (Å²) in [6.45, 7) is 2.98. The first-order valence-electron chi connectivity index (χ1n) is 11.0. The van der Waals surface area contributed by atoms with Gasteiger partial charge in [0, 0.05) is 42.8 Å². The van der Waals surface area contributed by atoms with Gasteiger partial charge in [0.2, 0.25) is 10.0 Å². The molecule has 0 saturated heterocycles. The van der Waals surface area contributed by atoms with Crippen molar-refractivity contribution < 1.29 is 17.9 Å². The zero-order valence-corrected chi connectivity index (χ0v) is 23.3. The van der Waals surface area contributed by atoms with Crippen molar-refractivity contribution in [3.8, 4) is 6.07 Å². The van der Waals surface area contributed by atoms with Gasteiger partial charge >= 0.3 is 5.97 Å². The van der Waals surface area contributed by atoms with Crippen molar-refractivity contribution in [3.63, 3.8) is 0 Å². The van der Waals surface area contributed by atoms with Gasteiger partial charge in [0.15, 0.2) is 0 Å². The monoisotopic (exact) mass is 564 g/mol. The number of fused-ring (bicyclic) bond motifs is 1. The fraction of sp³-hybridized carbons (Fsp3) is 0.269. The highest BCUT2D eigenvalue weighted by atomic mass is 35.5. The number of methoxy groups -OCH3 is 1. The minimum Gasteiger partial charge on any atom is -0.465 e. The summed E-state index contributed by atoms with van der Waals surface area (Å²) in [5.41, 5.74) is 2.50. The van der Waals surface area contributed by atoms with Crippen molar-refractivity contribution in [1.29, 1.82) is 5.26 Å². The number of benzene rings is 2. The van der Waals surface area contributed by atoms with Crippen LogP contribution in [0.5, 0.6) is 0 Å². The number of nitriles is 1. The van der Waals surface area contributed by atoms with Gasteiger partial charge in [-0.05, 0) is 43.8 Å². The lowest BCUT2D eigenvalue weighted by atomic mass is 10.1. The molecule has 0 fully saturated rings. The average molecular weight is 566 g/mol. The molecule has 0 bridgehead atoms. The summed E-state index contributed by atoms with van der Waals surface area (Å²) >= 11 is 0. The van der Waals surface area contributed by atoms with Crippen molar-refractivity contribution in [3.05, 3.63) is 77.6 Å². The second kappa shape index (κ2) is 14.7. The van der Waals surface area contributed by atoms with Crippen molar-refractivity contribution >= 4 is 57.7 Å². The lowest BCUT2D eigenvalue weighted by Gasteiger charge is -2.24. The van der Waals surface area contributed by atoms with Crippen molar-refractivity contribution in [1.82, 2.24) is 14.2 Å². The van der Waals surface area contributed by atoms with Gasteiger partial charge in [-0.3, -0.25) is 4.98 Å². The van der Waals surface area contributed by atoms with Crippen LogP contribution in [0.2, 0.25) is 0 Å². The predicted molar refractivity (Wildman–Crippen MR) is 150 cm³/mol. The zero-order valence-electron chi connectivity index (χ0n) is 20.8. The third kappa shape index (κ3) is 8.25. The normalized spacial score (nSPS) is 11.5. The molecule has 0 saturated carbocycles. The molecule has 2 aromatic carbocycles. The molecule has 0 aliphatic rings. The Kier molecular flexibility index (Phi) is 12.7. The highest BCUT2D eigenvalue weighted by Crippen LogP contribution is 2.25. The summed E-state index contributed by atoms with van der Waals surface area (Å²) in [5, 5.41) is 10.6. The second-order valence-corrected chi connectivity index (χ2v) is 10.1. The molecule has 0 unspecified atom stereocenters. The number of halogens is 2. The largest absolute Gasteiger partial charge is 0.465 e. The van der Waals surface area contributed by atoms with E-state index in [-0.39, 0.29) is 48.8 Å². The number of nitrogens with zero attached hydrogens (tertiary/aromatic N) is 4. The number of pyridine rings is 1. The maximum absolute atomic E-state index is 13.4. The lowest BCUT2D eigenvalue weighted by molar-refractivity contribution is 0.0600. The van der Waals surface area contributed by atoms with Gasteiger partial charge in [-0.2, -0.15) is 9.57 Å². The number of likely N-dealkylation sites (N-methyl/N-ethyl adjacent to an activating group) is 1. The quantitative estimate of drug-likeness (QED) is 0.265. The minimum absolute atomic E-state index is 0. The van der Waals surface area contributed by atoms with E-state index in [0.29, 0.717) is 24.0 Å². The van der Waals surface area contributed by atoms with Crippen LogP contribution in [0.3, 0.4) is 0 Å². The molecule has 0 atom stereocenters. The maximum atomic E-state index is 13.4. The molecule has 198 valence electrons. The van der Waals surface area contributed by atoms with Crippen LogP contribution in [0.25, 0.3) is 16.8 Å². The number of hydrogen-bond acceptors (Lipinski definition) is 7. The van der Waals surface area contributed by atoms with Crippen LogP contribution in [-0.4, -0.2) is 68.9 Å². The zero-order chi connectivity index (χ0) is 25.4.